The van der Waals surface area contributed by atoms with Crippen LogP contribution in [0.5, 0.6) is 0 Å². The highest BCUT2D eigenvalue weighted by atomic mass is 16.5. The molecule has 0 unspecified atom stereocenters. The summed E-state index contributed by atoms with van der Waals surface area (Å²) in [7, 11) is 4.12. The standard InChI is InChI=1S/C10H19NO/c1-5-10(6-2)12-9-7-8-11(3)4/h5-6H,1,7-9H2,2-4H3/b10-6+. The second kappa shape index (κ2) is 6.92. The third kappa shape index (κ3) is 5.98. The highest BCUT2D eigenvalue weighted by molar-refractivity contribution is 5.06. The minimum absolute atomic E-state index is 0.768. The first-order chi connectivity index (χ1) is 5.70. The van der Waals surface area contributed by atoms with Crippen molar-refractivity contribution in [2.45, 2.75) is 13.3 Å². The molecule has 0 amide bonds. The minimum Gasteiger partial charge on any atom is -0.494 e. The van der Waals surface area contributed by atoms with E-state index in [0.717, 1.165) is 25.3 Å². The topological polar surface area (TPSA) is 12.5 Å². The van der Waals surface area contributed by atoms with Gasteiger partial charge in [-0.15, -0.1) is 0 Å². The van der Waals surface area contributed by atoms with E-state index in [0.29, 0.717) is 0 Å². The molecular weight excluding hydrogens is 150 g/mol. The molecule has 70 valence electrons. The van der Waals surface area contributed by atoms with Crippen molar-refractivity contribution < 1.29 is 4.74 Å². The molecule has 0 aliphatic rings. The van der Waals surface area contributed by atoms with Gasteiger partial charge in [0.15, 0.2) is 0 Å². The molecule has 0 aromatic rings. The van der Waals surface area contributed by atoms with Gasteiger partial charge in [-0.2, -0.15) is 0 Å². The van der Waals surface area contributed by atoms with Gasteiger partial charge in [0.25, 0.3) is 0 Å². The fourth-order valence-electron chi connectivity index (χ4n) is 0.831. The third-order valence-corrected chi connectivity index (χ3v) is 1.50. The van der Waals surface area contributed by atoms with E-state index in [2.05, 4.69) is 25.6 Å². The Morgan fingerprint density at radius 1 is 1.50 bits per heavy atom. The van der Waals surface area contributed by atoms with E-state index in [-0.39, 0.29) is 0 Å². The van der Waals surface area contributed by atoms with Crippen LogP contribution in [0.2, 0.25) is 0 Å². The average molecular weight is 169 g/mol. The van der Waals surface area contributed by atoms with Gasteiger partial charge in [-0.3, -0.25) is 0 Å². The lowest BCUT2D eigenvalue weighted by molar-refractivity contribution is 0.207. The predicted octanol–water partition coefficient (Wildman–Crippen LogP) is 2.04. The zero-order chi connectivity index (χ0) is 9.40. The molecule has 0 heterocycles. The van der Waals surface area contributed by atoms with Gasteiger partial charge in [0, 0.05) is 6.54 Å². The monoisotopic (exact) mass is 169 g/mol. The fraction of sp³-hybridized carbons (Fsp3) is 0.600. The summed E-state index contributed by atoms with van der Waals surface area (Å²) in [6, 6.07) is 0. The van der Waals surface area contributed by atoms with Crippen LogP contribution in [0.1, 0.15) is 13.3 Å². The molecule has 0 aliphatic heterocycles. The van der Waals surface area contributed by atoms with Crippen molar-refractivity contribution in [3.8, 4) is 0 Å². The Labute approximate surface area is 75.5 Å². The van der Waals surface area contributed by atoms with Crippen molar-refractivity contribution >= 4 is 0 Å². The summed E-state index contributed by atoms with van der Waals surface area (Å²) in [5.74, 6) is 0.869. The van der Waals surface area contributed by atoms with Gasteiger partial charge in [0.2, 0.25) is 0 Å². The van der Waals surface area contributed by atoms with Crippen LogP contribution in [-0.2, 0) is 4.74 Å². The van der Waals surface area contributed by atoms with E-state index in [1.807, 2.05) is 13.0 Å². The van der Waals surface area contributed by atoms with Gasteiger partial charge in [-0.1, -0.05) is 6.58 Å². The van der Waals surface area contributed by atoms with Crippen molar-refractivity contribution in [2.24, 2.45) is 0 Å². The SMILES string of the molecule is C=C/C(=C\C)OCCCN(C)C. The van der Waals surface area contributed by atoms with Gasteiger partial charge < -0.3 is 9.64 Å². The molecule has 0 aromatic carbocycles. The van der Waals surface area contributed by atoms with Gasteiger partial charge >= 0.3 is 0 Å². The zero-order valence-corrected chi connectivity index (χ0v) is 8.34. The highest BCUT2D eigenvalue weighted by Crippen LogP contribution is 1.98. The van der Waals surface area contributed by atoms with Gasteiger partial charge in [0.05, 0.1) is 6.61 Å². The quantitative estimate of drug-likeness (QED) is 0.343. The van der Waals surface area contributed by atoms with E-state index in [9.17, 15) is 0 Å². The van der Waals surface area contributed by atoms with Gasteiger partial charge in [0.1, 0.15) is 5.76 Å². The molecule has 0 atom stereocenters. The maximum atomic E-state index is 5.41. The van der Waals surface area contributed by atoms with Crippen LogP contribution in [0.15, 0.2) is 24.5 Å². The van der Waals surface area contributed by atoms with Crippen LogP contribution >= 0.6 is 0 Å². The first-order valence-electron chi connectivity index (χ1n) is 4.27. The zero-order valence-electron chi connectivity index (χ0n) is 8.34. The van der Waals surface area contributed by atoms with E-state index < -0.39 is 0 Å². The van der Waals surface area contributed by atoms with E-state index >= 15 is 0 Å². The molecule has 0 N–H and O–H groups in total. The smallest absolute Gasteiger partial charge is 0.114 e. The summed E-state index contributed by atoms with van der Waals surface area (Å²) in [6.07, 6.45) is 4.70. The van der Waals surface area contributed by atoms with Crippen LogP contribution in [0.3, 0.4) is 0 Å². The molecule has 0 rings (SSSR count). The maximum absolute atomic E-state index is 5.41. The number of hydrogen-bond donors (Lipinski definition) is 0. The Kier molecular flexibility index (Phi) is 6.48. The molecule has 2 heteroatoms. The predicted molar refractivity (Wildman–Crippen MR) is 53.1 cm³/mol. The molecule has 0 aliphatic carbocycles. The van der Waals surface area contributed by atoms with Crippen LogP contribution in [-0.4, -0.2) is 32.1 Å². The summed E-state index contributed by atoms with van der Waals surface area (Å²) in [4.78, 5) is 2.15. The van der Waals surface area contributed by atoms with Crippen molar-refractivity contribution in [3.63, 3.8) is 0 Å². The van der Waals surface area contributed by atoms with Gasteiger partial charge in [-0.25, -0.2) is 0 Å². The molecule has 0 fully saturated rings. The summed E-state index contributed by atoms with van der Waals surface area (Å²) < 4.78 is 5.41. The van der Waals surface area contributed by atoms with Crippen LogP contribution in [0.4, 0.5) is 0 Å². The minimum atomic E-state index is 0.768. The lowest BCUT2D eigenvalue weighted by Gasteiger charge is -2.10. The van der Waals surface area contributed by atoms with Gasteiger partial charge in [-0.05, 0) is 39.6 Å². The Morgan fingerprint density at radius 2 is 2.17 bits per heavy atom. The lowest BCUT2D eigenvalue weighted by Crippen LogP contribution is -2.14. The van der Waals surface area contributed by atoms with Crippen LogP contribution in [0.25, 0.3) is 0 Å². The molecule has 0 bridgehead atoms. The average Bonchev–Trinajstić information content (AvgIpc) is 2.04. The largest absolute Gasteiger partial charge is 0.494 e. The van der Waals surface area contributed by atoms with E-state index in [4.69, 9.17) is 4.74 Å². The summed E-state index contributed by atoms with van der Waals surface area (Å²) in [6.45, 7) is 7.42. The van der Waals surface area contributed by atoms with Crippen molar-refractivity contribution in [3.05, 3.63) is 24.5 Å². The third-order valence-electron chi connectivity index (χ3n) is 1.50. The van der Waals surface area contributed by atoms with Crippen molar-refractivity contribution in [1.29, 1.82) is 0 Å². The normalized spacial score (nSPS) is 11.8. The lowest BCUT2D eigenvalue weighted by atomic mass is 10.4. The molecular formula is C10H19NO. The van der Waals surface area contributed by atoms with Crippen LogP contribution in [0, 0.1) is 0 Å². The first-order valence-corrected chi connectivity index (χ1v) is 4.27. The van der Waals surface area contributed by atoms with Crippen molar-refractivity contribution in [2.75, 3.05) is 27.2 Å². The Bertz CT molecular complexity index is 150. The molecule has 12 heavy (non-hydrogen) atoms. The first kappa shape index (κ1) is 11.2. The molecule has 2 nitrogen and oxygen atoms in total. The second-order valence-corrected chi connectivity index (χ2v) is 2.90. The Balaban J connectivity index is 3.36. The summed E-state index contributed by atoms with van der Waals surface area (Å²) in [5.41, 5.74) is 0. The van der Waals surface area contributed by atoms with E-state index in [1.165, 1.54) is 0 Å². The number of ether oxygens (including phenoxy) is 1. The Morgan fingerprint density at radius 3 is 2.58 bits per heavy atom. The molecule has 0 saturated carbocycles. The second-order valence-electron chi connectivity index (χ2n) is 2.90. The molecule has 0 radical (unpaired) electrons. The molecule has 0 saturated heterocycles. The fourth-order valence-corrected chi connectivity index (χ4v) is 0.831. The number of hydrogen-bond acceptors (Lipinski definition) is 2. The summed E-state index contributed by atoms with van der Waals surface area (Å²) in [5, 5.41) is 0. The number of rotatable bonds is 6. The molecule has 0 spiro atoms. The molecule has 0 aromatic heterocycles. The number of nitrogens with zero attached hydrogens (tertiary/aromatic N) is 1. The van der Waals surface area contributed by atoms with E-state index in [1.54, 1.807) is 6.08 Å². The maximum Gasteiger partial charge on any atom is 0.114 e. The number of allylic oxidation sites excluding steroid dienone is 2. The van der Waals surface area contributed by atoms with Crippen LogP contribution < -0.4 is 0 Å². The summed E-state index contributed by atoms with van der Waals surface area (Å²) >= 11 is 0. The highest BCUT2D eigenvalue weighted by Gasteiger charge is 1.92. The van der Waals surface area contributed by atoms with Crippen molar-refractivity contribution in [1.82, 2.24) is 4.90 Å². The Hall–Kier alpha value is -0.760.